The summed E-state index contributed by atoms with van der Waals surface area (Å²) in [5.74, 6) is 0.0264. The number of carbonyl (C=O) groups excluding carboxylic acids is 1. The van der Waals surface area contributed by atoms with Gasteiger partial charge in [0, 0.05) is 13.2 Å². The van der Waals surface area contributed by atoms with Crippen molar-refractivity contribution in [2.75, 3.05) is 37.4 Å². The summed E-state index contributed by atoms with van der Waals surface area (Å²) in [5, 5.41) is 3.02. The van der Waals surface area contributed by atoms with Crippen molar-refractivity contribution in [3.8, 4) is 0 Å². The van der Waals surface area contributed by atoms with E-state index in [0.717, 1.165) is 0 Å². The summed E-state index contributed by atoms with van der Waals surface area (Å²) in [6.07, 6.45) is 1.49. The van der Waals surface area contributed by atoms with Gasteiger partial charge in [0.1, 0.15) is 11.4 Å². The Hall–Kier alpha value is -1.82. The van der Waals surface area contributed by atoms with E-state index in [4.69, 9.17) is 15.2 Å². The van der Waals surface area contributed by atoms with E-state index < -0.39 is 5.97 Å². The van der Waals surface area contributed by atoms with Crippen molar-refractivity contribution >= 4 is 17.5 Å². The van der Waals surface area contributed by atoms with Crippen LogP contribution in [0.25, 0.3) is 0 Å². The van der Waals surface area contributed by atoms with E-state index in [2.05, 4.69) is 10.3 Å². The average Bonchev–Trinajstić information content (AvgIpc) is 2.36. The Balaban J connectivity index is 2.73. The predicted octanol–water partition coefficient (Wildman–Crippen LogP) is 1.29. The summed E-state index contributed by atoms with van der Waals surface area (Å²) in [6, 6.07) is 1.55. The minimum absolute atomic E-state index is 0.312. The molecule has 1 aromatic rings. The van der Waals surface area contributed by atoms with Gasteiger partial charge >= 0.3 is 5.97 Å². The molecule has 6 heteroatoms. The number of nitrogen functional groups attached to an aromatic ring is 1. The fourth-order valence-corrected chi connectivity index (χ4v) is 1.37. The molecule has 3 N–H and O–H groups in total. The average molecular weight is 253 g/mol. The van der Waals surface area contributed by atoms with Crippen LogP contribution >= 0.6 is 0 Å². The molecule has 0 atom stereocenters. The van der Waals surface area contributed by atoms with Gasteiger partial charge in [-0.3, -0.25) is 0 Å². The molecule has 0 aliphatic carbocycles. The Morgan fingerprint density at radius 2 is 2.22 bits per heavy atom. The second-order valence-corrected chi connectivity index (χ2v) is 3.51. The summed E-state index contributed by atoms with van der Waals surface area (Å²) in [7, 11) is 0. The molecule has 1 heterocycles. The third kappa shape index (κ3) is 4.21. The van der Waals surface area contributed by atoms with Crippen molar-refractivity contribution in [2.24, 2.45) is 0 Å². The molecule has 1 rings (SSSR count). The third-order valence-electron chi connectivity index (χ3n) is 2.15. The standard InChI is InChI=1S/C12H19N3O3/c1-3-17-6-5-14-11-10(12(16)18-4-2)7-9(13)8-15-11/h7-8H,3-6,13H2,1-2H3,(H,14,15). The van der Waals surface area contributed by atoms with Crippen molar-refractivity contribution in [3.05, 3.63) is 17.8 Å². The van der Waals surface area contributed by atoms with E-state index in [9.17, 15) is 4.79 Å². The molecular formula is C12H19N3O3. The molecule has 0 saturated heterocycles. The van der Waals surface area contributed by atoms with Crippen LogP contribution < -0.4 is 11.1 Å². The van der Waals surface area contributed by atoms with Gasteiger partial charge in [-0.05, 0) is 19.9 Å². The number of anilines is 2. The fourth-order valence-electron chi connectivity index (χ4n) is 1.37. The van der Waals surface area contributed by atoms with E-state index in [-0.39, 0.29) is 0 Å². The predicted molar refractivity (Wildman–Crippen MR) is 69.6 cm³/mol. The number of hydrogen-bond donors (Lipinski definition) is 2. The Kier molecular flexibility index (Phi) is 5.93. The minimum Gasteiger partial charge on any atom is -0.462 e. The maximum atomic E-state index is 11.7. The molecular weight excluding hydrogens is 234 g/mol. The molecule has 1 aromatic heterocycles. The third-order valence-corrected chi connectivity index (χ3v) is 2.15. The number of hydrogen-bond acceptors (Lipinski definition) is 6. The van der Waals surface area contributed by atoms with Crippen LogP contribution in [0.15, 0.2) is 12.3 Å². The van der Waals surface area contributed by atoms with Gasteiger partial charge in [0.05, 0.1) is 25.1 Å². The fraction of sp³-hybridized carbons (Fsp3) is 0.500. The van der Waals surface area contributed by atoms with Crippen molar-refractivity contribution in [2.45, 2.75) is 13.8 Å². The Labute approximate surface area is 106 Å². The second kappa shape index (κ2) is 7.50. The van der Waals surface area contributed by atoms with E-state index in [1.807, 2.05) is 6.92 Å². The lowest BCUT2D eigenvalue weighted by molar-refractivity contribution is 0.0527. The van der Waals surface area contributed by atoms with Crippen LogP contribution in [0.5, 0.6) is 0 Å². The van der Waals surface area contributed by atoms with Gasteiger partial charge in [-0.2, -0.15) is 0 Å². The molecule has 6 nitrogen and oxygen atoms in total. The SMILES string of the molecule is CCOCCNc1ncc(N)cc1C(=O)OCC. The smallest absolute Gasteiger partial charge is 0.341 e. The van der Waals surface area contributed by atoms with Crippen molar-refractivity contribution in [3.63, 3.8) is 0 Å². The van der Waals surface area contributed by atoms with Gasteiger partial charge in [0.15, 0.2) is 0 Å². The number of pyridine rings is 1. The highest BCUT2D eigenvalue weighted by molar-refractivity contribution is 5.95. The molecule has 0 bridgehead atoms. The molecule has 0 saturated carbocycles. The number of carbonyl (C=O) groups is 1. The first-order valence-corrected chi connectivity index (χ1v) is 5.93. The number of rotatable bonds is 7. The number of nitrogens with zero attached hydrogens (tertiary/aromatic N) is 1. The maximum absolute atomic E-state index is 11.7. The van der Waals surface area contributed by atoms with Gasteiger partial charge < -0.3 is 20.5 Å². The first kappa shape index (κ1) is 14.2. The lowest BCUT2D eigenvalue weighted by Gasteiger charge is -2.10. The maximum Gasteiger partial charge on any atom is 0.341 e. The van der Waals surface area contributed by atoms with E-state index in [1.54, 1.807) is 13.0 Å². The van der Waals surface area contributed by atoms with Crippen LogP contribution in [0, 0.1) is 0 Å². The molecule has 0 aliphatic rings. The summed E-state index contributed by atoms with van der Waals surface area (Å²) in [6.45, 7) is 5.75. The molecule has 18 heavy (non-hydrogen) atoms. The molecule has 0 aromatic carbocycles. The Bertz CT molecular complexity index is 396. The zero-order valence-electron chi connectivity index (χ0n) is 10.7. The topological polar surface area (TPSA) is 86.5 Å². The molecule has 0 aliphatic heterocycles. The normalized spacial score (nSPS) is 10.1. The van der Waals surface area contributed by atoms with Gasteiger partial charge in [-0.15, -0.1) is 0 Å². The zero-order valence-corrected chi connectivity index (χ0v) is 10.7. The Morgan fingerprint density at radius 1 is 1.44 bits per heavy atom. The van der Waals surface area contributed by atoms with Crippen molar-refractivity contribution in [1.29, 1.82) is 0 Å². The summed E-state index contributed by atoms with van der Waals surface area (Å²) < 4.78 is 10.1. The molecule has 0 fully saturated rings. The van der Waals surface area contributed by atoms with Crippen LogP contribution in [0.4, 0.5) is 11.5 Å². The quantitative estimate of drug-likeness (QED) is 0.562. The lowest BCUT2D eigenvalue weighted by Crippen LogP contribution is -2.15. The summed E-state index contributed by atoms with van der Waals surface area (Å²) in [5.41, 5.74) is 6.38. The van der Waals surface area contributed by atoms with Crippen LogP contribution in [0.1, 0.15) is 24.2 Å². The van der Waals surface area contributed by atoms with Gasteiger partial charge in [-0.1, -0.05) is 0 Å². The summed E-state index contributed by atoms with van der Waals surface area (Å²) >= 11 is 0. The number of ether oxygens (including phenoxy) is 2. The van der Waals surface area contributed by atoms with E-state index >= 15 is 0 Å². The van der Waals surface area contributed by atoms with Crippen LogP contribution in [-0.4, -0.2) is 37.3 Å². The minimum atomic E-state index is -0.434. The molecule has 0 amide bonds. The lowest BCUT2D eigenvalue weighted by atomic mass is 10.2. The highest BCUT2D eigenvalue weighted by atomic mass is 16.5. The monoisotopic (exact) mass is 253 g/mol. The molecule has 100 valence electrons. The number of nitrogens with one attached hydrogen (secondary N) is 1. The molecule has 0 unspecified atom stereocenters. The number of nitrogens with two attached hydrogens (primary N) is 1. The second-order valence-electron chi connectivity index (χ2n) is 3.51. The first-order valence-electron chi connectivity index (χ1n) is 5.93. The summed E-state index contributed by atoms with van der Waals surface area (Å²) in [4.78, 5) is 15.8. The zero-order chi connectivity index (χ0) is 13.4. The largest absolute Gasteiger partial charge is 0.462 e. The van der Waals surface area contributed by atoms with Crippen molar-refractivity contribution in [1.82, 2.24) is 4.98 Å². The van der Waals surface area contributed by atoms with Gasteiger partial charge in [-0.25, -0.2) is 9.78 Å². The highest BCUT2D eigenvalue weighted by Crippen LogP contribution is 2.16. The first-order chi connectivity index (χ1) is 8.69. The van der Waals surface area contributed by atoms with Crippen LogP contribution in [0.3, 0.4) is 0 Å². The molecule has 0 radical (unpaired) electrons. The van der Waals surface area contributed by atoms with Gasteiger partial charge in [0.25, 0.3) is 0 Å². The number of aromatic nitrogens is 1. The van der Waals surface area contributed by atoms with E-state index in [1.165, 1.54) is 6.20 Å². The van der Waals surface area contributed by atoms with E-state index in [0.29, 0.717) is 43.4 Å². The van der Waals surface area contributed by atoms with Crippen LogP contribution in [0.2, 0.25) is 0 Å². The van der Waals surface area contributed by atoms with Crippen LogP contribution in [-0.2, 0) is 9.47 Å². The molecule has 0 spiro atoms. The van der Waals surface area contributed by atoms with Gasteiger partial charge in [0.2, 0.25) is 0 Å². The Morgan fingerprint density at radius 3 is 2.89 bits per heavy atom. The number of esters is 1. The van der Waals surface area contributed by atoms with Crippen molar-refractivity contribution < 1.29 is 14.3 Å². The highest BCUT2D eigenvalue weighted by Gasteiger charge is 2.14.